The first-order valence-electron chi connectivity index (χ1n) is 9.33. The van der Waals surface area contributed by atoms with Crippen LogP contribution in [0.4, 0.5) is 5.69 Å². The number of rotatable bonds is 6. The molecule has 0 fully saturated rings. The number of thiazole rings is 1. The van der Waals surface area contributed by atoms with Crippen LogP contribution in [0.25, 0.3) is 21.8 Å². The Labute approximate surface area is 179 Å². The zero-order chi connectivity index (χ0) is 20.1. The minimum absolute atomic E-state index is 0.0142. The van der Waals surface area contributed by atoms with Gasteiger partial charge in [0.05, 0.1) is 5.69 Å². The van der Waals surface area contributed by atoms with Crippen molar-refractivity contribution in [1.29, 1.82) is 0 Å². The fraction of sp³-hybridized carbons (Fsp3) is 0.0833. The third-order valence-corrected chi connectivity index (χ3v) is 5.69. The normalized spacial score (nSPS) is 10.7. The van der Waals surface area contributed by atoms with Gasteiger partial charge in [0.2, 0.25) is 5.91 Å². The number of halogens is 1. The second-order valence-corrected chi connectivity index (χ2v) is 7.95. The summed E-state index contributed by atoms with van der Waals surface area (Å²) in [6.45, 7) is 0. The van der Waals surface area contributed by atoms with Gasteiger partial charge in [0, 0.05) is 33.6 Å². The van der Waals surface area contributed by atoms with E-state index < -0.39 is 0 Å². The van der Waals surface area contributed by atoms with Crippen molar-refractivity contribution in [1.82, 2.24) is 4.98 Å². The predicted molar refractivity (Wildman–Crippen MR) is 121 cm³/mol. The van der Waals surface area contributed by atoms with Crippen LogP contribution >= 0.6 is 22.9 Å². The van der Waals surface area contributed by atoms with E-state index in [1.54, 1.807) is 11.3 Å². The predicted octanol–water partition coefficient (Wildman–Crippen LogP) is 6.70. The lowest BCUT2D eigenvalue weighted by Crippen LogP contribution is -2.12. The summed E-state index contributed by atoms with van der Waals surface area (Å²) in [5, 5.41) is 6.67. The lowest BCUT2D eigenvalue weighted by atomic mass is 10.1. The van der Waals surface area contributed by atoms with Crippen LogP contribution in [0.5, 0.6) is 0 Å². The second-order valence-electron chi connectivity index (χ2n) is 6.66. The van der Waals surface area contributed by atoms with Gasteiger partial charge in [-0.1, -0.05) is 66.2 Å². The van der Waals surface area contributed by atoms with E-state index >= 15 is 0 Å². The lowest BCUT2D eigenvalue weighted by molar-refractivity contribution is -0.116. The molecule has 0 saturated carbocycles. The quantitative estimate of drug-likeness (QED) is 0.378. The maximum Gasteiger partial charge on any atom is 0.224 e. The summed E-state index contributed by atoms with van der Waals surface area (Å²) < 4.78 is 0. The summed E-state index contributed by atoms with van der Waals surface area (Å²) in [5.74, 6) is 0.0142. The summed E-state index contributed by atoms with van der Waals surface area (Å²) >= 11 is 7.55. The van der Waals surface area contributed by atoms with Gasteiger partial charge < -0.3 is 5.32 Å². The average Bonchev–Trinajstić information content (AvgIpc) is 3.24. The van der Waals surface area contributed by atoms with Gasteiger partial charge in [-0.2, -0.15) is 0 Å². The van der Waals surface area contributed by atoms with Crippen molar-refractivity contribution >= 4 is 34.5 Å². The molecule has 4 aromatic rings. The molecule has 1 aromatic heterocycles. The molecule has 1 amide bonds. The molecule has 0 radical (unpaired) electrons. The van der Waals surface area contributed by atoms with E-state index in [4.69, 9.17) is 16.6 Å². The standard InChI is InChI=1S/C24H19ClN2OS/c25-20-11-7-19(8-12-20)24-27-22(16-29-24)18-9-13-21(14-10-18)26-23(28)15-6-17-4-2-1-3-5-17/h1-5,7-14,16H,6,15H2,(H,26,28). The van der Waals surface area contributed by atoms with Gasteiger partial charge in [0.1, 0.15) is 5.01 Å². The first-order chi connectivity index (χ1) is 14.2. The molecular formula is C24H19ClN2OS. The Balaban J connectivity index is 1.38. The number of amides is 1. The number of benzene rings is 3. The molecule has 4 rings (SSSR count). The Bertz CT molecular complexity index is 1090. The van der Waals surface area contributed by atoms with E-state index in [1.165, 1.54) is 0 Å². The number of carbonyl (C=O) groups excluding carboxylic acids is 1. The molecule has 0 unspecified atom stereocenters. The van der Waals surface area contributed by atoms with Crippen molar-refractivity contribution in [3.05, 3.63) is 94.8 Å². The third-order valence-electron chi connectivity index (χ3n) is 4.54. The summed E-state index contributed by atoms with van der Waals surface area (Å²) in [6.07, 6.45) is 1.19. The molecule has 0 spiro atoms. The molecule has 3 nitrogen and oxygen atoms in total. The summed E-state index contributed by atoms with van der Waals surface area (Å²) in [7, 11) is 0. The zero-order valence-electron chi connectivity index (χ0n) is 15.6. The Morgan fingerprint density at radius 3 is 2.31 bits per heavy atom. The van der Waals surface area contributed by atoms with Gasteiger partial charge in [0.25, 0.3) is 0 Å². The van der Waals surface area contributed by atoms with Crippen LogP contribution in [0.15, 0.2) is 84.2 Å². The summed E-state index contributed by atoms with van der Waals surface area (Å²) in [4.78, 5) is 16.9. The number of hydrogen-bond donors (Lipinski definition) is 1. The maximum atomic E-state index is 12.2. The molecule has 3 aromatic carbocycles. The zero-order valence-corrected chi connectivity index (χ0v) is 17.2. The first kappa shape index (κ1) is 19.4. The molecule has 0 bridgehead atoms. The van der Waals surface area contributed by atoms with E-state index in [2.05, 4.69) is 5.32 Å². The Morgan fingerprint density at radius 1 is 0.897 bits per heavy atom. The monoisotopic (exact) mass is 418 g/mol. The van der Waals surface area contributed by atoms with Gasteiger partial charge in [-0.05, 0) is 36.2 Å². The van der Waals surface area contributed by atoms with E-state index in [9.17, 15) is 4.79 Å². The molecule has 0 saturated heterocycles. The molecule has 0 aliphatic rings. The Hall–Kier alpha value is -2.95. The van der Waals surface area contributed by atoms with Crippen LogP contribution in [0.2, 0.25) is 5.02 Å². The summed E-state index contributed by atoms with van der Waals surface area (Å²) in [5.41, 5.74) is 4.94. The summed E-state index contributed by atoms with van der Waals surface area (Å²) in [6, 6.07) is 25.5. The van der Waals surface area contributed by atoms with Crippen LogP contribution in [0.1, 0.15) is 12.0 Å². The molecule has 29 heavy (non-hydrogen) atoms. The van der Waals surface area contributed by atoms with Crippen LogP contribution in [-0.4, -0.2) is 10.9 Å². The van der Waals surface area contributed by atoms with Crippen molar-refractivity contribution in [3.63, 3.8) is 0 Å². The van der Waals surface area contributed by atoms with Crippen LogP contribution in [0.3, 0.4) is 0 Å². The number of anilines is 1. The van der Waals surface area contributed by atoms with Gasteiger partial charge in [0.15, 0.2) is 0 Å². The van der Waals surface area contributed by atoms with Crippen molar-refractivity contribution < 1.29 is 4.79 Å². The van der Waals surface area contributed by atoms with Crippen LogP contribution in [0, 0.1) is 0 Å². The SMILES string of the molecule is O=C(CCc1ccccc1)Nc1ccc(-c2csc(-c3ccc(Cl)cc3)n2)cc1. The fourth-order valence-corrected chi connectivity index (χ4v) is 3.94. The van der Waals surface area contributed by atoms with Crippen molar-refractivity contribution in [2.45, 2.75) is 12.8 Å². The molecule has 0 atom stereocenters. The Kier molecular flexibility index (Phi) is 6.03. The number of nitrogens with one attached hydrogen (secondary N) is 1. The molecule has 1 heterocycles. The molecule has 0 aliphatic carbocycles. The molecule has 1 N–H and O–H groups in total. The van der Waals surface area contributed by atoms with Crippen molar-refractivity contribution in [3.8, 4) is 21.8 Å². The molecule has 5 heteroatoms. The van der Waals surface area contributed by atoms with Crippen molar-refractivity contribution in [2.24, 2.45) is 0 Å². The fourth-order valence-electron chi connectivity index (χ4n) is 2.98. The maximum absolute atomic E-state index is 12.2. The van der Waals surface area contributed by atoms with Gasteiger partial charge in [-0.15, -0.1) is 11.3 Å². The molecule has 144 valence electrons. The smallest absolute Gasteiger partial charge is 0.224 e. The van der Waals surface area contributed by atoms with E-state index in [0.717, 1.165) is 39.5 Å². The minimum Gasteiger partial charge on any atom is -0.326 e. The van der Waals surface area contributed by atoms with Crippen LogP contribution in [-0.2, 0) is 11.2 Å². The largest absolute Gasteiger partial charge is 0.326 e. The third kappa shape index (κ3) is 5.11. The number of aromatic nitrogens is 1. The highest BCUT2D eigenvalue weighted by atomic mass is 35.5. The minimum atomic E-state index is 0.0142. The highest BCUT2D eigenvalue weighted by Crippen LogP contribution is 2.30. The number of hydrogen-bond acceptors (Lipinski definition) is 3. The van der Waals surface area contributed by atoms with E-state index in [-0.39, 0.29) is 5.91 Å². The van der Waals surface area contributed by atoms with Gasteiger partial charge in [-0.3, -0.25) is 4.79 Å². The lowest BCUT2D eigenvalue weighted by Gasteiger charge is -2.06. The van der Waals surface area contributed by atoms with Crippen molar-refractivity contribution in [2.75, 3.05) is 5.32 Å². The average molecular weight is 419 g/mol. The number of nitrogens with zero attached hydrogens (tertiary/aromatic N) is 1. The first-order valence-corrected chi connectivity index (χ1v) is 10.6. The number of aryl methyl sites for hydroxylation is 1. The van der Waals surface area contributed by atoms with Gasteiger partial charge >= 0.3 is 0 Å². The molecular weight excluding hydrogens is 400 g/mol. The van der Waals surface area contributed by atoms with E-state index in [1.807, 2.05) is 84.2 Å². The second kappa shape index (κ2) is 9.03. The van der Waals surface area contributed by atoms with Gasteiger partial charge in [-0.25, -0.2) is 4.98 Å². The van der Waals surface area contributed by atoms with E-state index in [0.29, 0.717) is 11.4 Å². The molecule has 0 aliphatic heterocycles. The highest BCUT2D eigenvalue weighted by molar-refractivity contribution is 7.13. The van der Waals surface area contributed by atoms with Crippen LogP contribution < -0.4 is 5.32 Å². The highest BCUT2D eigenvalue weighted by Gasteiger charge is 2.08. The topological polar surface area (TPSA) is 42.0 Å². The number of carbonyl (C=O) groups is 1. The Morgan fingerprint density at radius 2 is 1.59 bits per heavy atom.